The number of piperazine rings is 1. The number of carbonyl (C=O) groups is 2. The highest BCUT2D eigenvalue weighted by molar-refractivity contribution is 7.09. The Hall–Kier alpha value is -1.43. The Labute approximate surface area is 117 Å². The van der Waals surface area contributed by atoms with E-state index in [1.165, 1.54) is 11.3 Å². The minimum absolute atomic E-state index is 0.0465. The van der Waals surface area contributed by atoms with Crippen molar-refractivity contribution in [2.45, 2.75) is 51.7 Å². The molecule has 1 N–H and O–H groups in total. The first kappa shape index (κ1) is 14.0. The Kier molecular flexibility index (Phi) is 3.38. The van der Waals surface area contributed by atoms with Crippen LogP contribution in [0.2, 0.25) is 0 Å². The molecule has 1 aliphatic rings. The van der Waals surface area contributed by atoms with Crippen molar-refractivity contribution >= 4 is 23.2 Å². The van der Waals surface area contributed by atoms with Crippen LogP contribution < -0.4 is 5.32 Å². The summed E-state index contributed by atoms with van der Waals surface area (Å²) in [7, 11) is 0. The number of hydrogen-bond donors (Lipinski definition) is 1. The van der Waals surface area contributed by atoms with E-state index in [2.05, 4.69) is 10.3 Å². The van der Waals surface area contributed by atoms with Crippen molar-refractivity contribution in [2.24, 2.45) is 0 Å². The highest BCUT2D eigenvalue weighted by Gasteiger charge is 2.51. The Morgan fingerprint density at radius 1 is 1.37 bits per heavy atom. The first-order valence-corrected chi connectivity index (χ1v) is 7.22. The van der Waals surface area contributed by atoms with Crippen molar-refractivity contribution in [1.29, 1.82) is 0 Å². The molecule has 0 radical (unpaired) electrons. The maximum atomic E-state index is 12.7. The zero-order chi connectivity index (χ0) is 14.3. The molecule has 0 bridgehead atoms. The summed E-state index contributed by atoms with van der Waals surface area (Å²) in [4.78, 5) is 30.7. The van der Waals surface area contributed by atoms with Crippen molar-refractivity contribution in [3.63, 3.8) is 0 Å². The Morgan fingerprint density at radius 3 is 2.58 bits per heavy atom. The molecular weight excluding hydrogens is 262 g/mol. The van der Waals surface area contributed by atoms with Gasteiger partial charge in [-0.25, -0.2) is 4.98 Å². The third-order valence-electron chi connectivity index (χ3n) is 3.82. The number of aromatic nitrogens is 1. The lowest BCUT2D eigenvalue weighted by Crippen LogP contribution is -2.72. The van der Waals surface area contributed by atoms with Crippen LogP contribution in [0, 0.1) is 0 Å². The van der Waals surface area contributed by atoms with Crippen LogP contribution in [0.1, 0.15) is 39.1 Å². The maximum absolute atomic E-state index is 12.7. The molecule has 0 spiro atoms. The average molecular weight is 281 g/mol. The fourth-order valence-electron chi connectivity index (χ4n) is 2.11. The monoisotopic (exact) mass is 281 g/mol. The maximum Gasteiger partial charge on any atom is 0.249 e. The highest BCUT2D eigenvalue weighted by Crippen LogP contribution is 2.29. The molecule has 1 atom stereocenters. The summed E-state index contributed by atoms with van der Waals surface area (Å²) < 4.78 is 0. The zero-order valence-corrected chi connectivity index (χ0v) is 12.5. The van der Waals surface area contributed by atoms with E-state index in [0.717, 1.165) is 5.01 Å². The average Bonchev–Trinajstić information content (AvgIpc) is 2.86. The van der Waals surface area contributed by atoms with E-state index in [-0.39, 0.29) is 11.8 Å². The third-order valence-corrected chi connectivity index (χ3v) is 4.59. The molecule has 1 saturated heterocycles. The first-order chi connectivity index (χ1) is 8.81. The van der Waals surface area contributed by atoms with Crippen LogP contribution in [0.3, 0.4) is 0 Å². The van der Waals surface area contributed by atoms with Crippen molar-refractivity contribution < 1.29 is 9.59 Å². The second kappa shape index (κ2) is 4.59. The predicted molar refractivity (Wildman–Crippen MR) is 73.6 cm³/mol. The molecule has 6 heteroatoms. The lowest BCUT2D eigenvalue weighted by Gasteiger charge is -2.48. The minimum atomic E-state index is -0.850. The number of hydrogen-bond acceptors (Lipinski definition) is 4. The molecule has 5 nitrogen and oxygen atoms in total. The summed E-state index contributed by atoms with van der Waals surface area (Å²) in [5, 5.41) is 5.56. The Morgan fingerprint density at radius 2 is 2.05 bits per heavy atom. The lowest BCUT2D eigenvalue weighted by molar-refractivity contribution is -0.161. The van der Waals surface area contributed by atoms with Gasteiger partial charge in [0.25, 0.3) is 0 Å². The second-order valence-electron chi connectivity index (χ2n) is 5.52. The van der Waals surface area contributed by atoms with Crippen molar-refractivity contribution in [1.82, 2.24) is 15.2 Å². The number of rotatable bonds is 3. The summed E-state index contributed by atoms with van der Waals surface area (Å²) >= 11 is 1.49. The smallest absolute Gasteiger partial charge is 0.249 e. The Balaban J connectivity index is 2.35. The van der Waals surface area contributed by atoms with Crippen LogP contribution in [-0.4, -0.2) is 32.8 Å². The molecule has 0 saturated carbocycles. The van der Waals surface area contributed by atoms with E-state index in [0.29, 0.717) is 13.0 Å². The van der Waals surface area contributed by atoms with Gasteiger partial charge in [0.2, 0.25) is 11.8 Å². The molecule has 0 aromatic carbocycles. The molecule has 0 aliphatic carbocycles. The van der Waals surface area contributed by atoms with Crippen molar-refractivity contribution in [2.75, 3.05) is 0 Å². The van der Waals surface area contributed by atoms with Gasteiger partial charge in [-0.2, -0.15) is 0 Å². The van der Waals surface area contributed by atoms with Gasteiger partial charge in [-0.3, -0.25) is 9.59 Å². The van der Waals surface area contributed by atoms with Crippen molar-refractivity contribution in [3.8, 4) is 0 Å². The molecule has 19 heavy (non-hydrogen) atoms. The number of nitrogens with one attached hydrogen (secondary N) is 1. The summed E-state index contributed by atoms with van der Waals surface area (Å²) in [6.45, 7) is 7.59. The standard InChI is InChI=1S/C13H19N3O2S/c1-5-13(4)11(18)16(8-9-14-6-7-19-9)12(2,3)10(17)15-13/h6-7H,5,8H2,1-4H3,(H,15,17). The predicted octanol–water partition coefficient (Wildman–Crippen LogP) is 1.55. The molecule has 1 unspecified atom stereocenters. The van der Waals surface area contributed by atoms with Crippen LogP contribution >= 0.6 is 11.3 Å². The number of carbonyl (C=O) groups excluding carboxylic acids is 2. The van der Waals surface area contributed by atoms with E-state index < -0.39 is 11.1 Å². The van der Waals surface area contributed by atoms with Gasteiger partial charge in [0.05, 0.1) is 6.54 Å². The van der Waals surface area contributed by atoms with Gasteiger partial charge in [0.1, 0.15) is 16.1 Å². The molecule has 2 rings (SSSR count). The number of thiazole rings is 1. The highest BCUT2D eigenvalue weighted by atomic mass is 32.1. The molecule has 1 aromatic rings. The quantitative estimate of drug-likeness (QED) is 0.914. The summed E-state index contributed by atoms with van der Waals surface area (Å²) in [6, 6.07) is 0. The zero-order valence-electron chi connectivity index (χ0n) is 11.7. The van der Waals surface area contributed by atoms with Gasteiger partial charge in [-0.15, -0.1) is 11.3 Å². The van der Waals surface area contributed by atoms with Crippen LogP contribution in [0.15, 0.2) is 11.6 Å². The minimum Gasteiger partial charge on any atom is -0.340 e. The number of nitrogens with zero attached hydrogens (tertiary/aromatic N) is 2. The van der Waals surface area contributed by atoms with Crippen LogP contribution in [0.4, 0.5) is 0 Å². The van der Waals surface area contributed by atoms with Gasteiger partial charge < -0.3 is 10.2 Å². The summed E-state index contributed by atoms with van der Waals surface area (Å²) in [5.41, 5.74) is -1.67. The van der Waals surface area contributed by atoms with Gasteiger partial charge in [-0.05, 0) is 27.2 Å². The van der Waals surface area contributed by atoms with Crippen LogP contribution in [0.25, 0.3) is 0 Å². The first-order valence-electron chi connectivity index (χ1n) is 6.34. The fraction of sp³-hybridized carbons (Fsp3) is 0.615. The van der Waals surface area contributed by atoms with E-state index >= 15 is 0 Å². The molecule has 1 aliphatic heterocycles. The van der Waals surface area contributed by atoms with E-state index in [9.17, 15) is 9.59 Å². The molecular formula is C13H19N3O2S. The number of amides is 2. The molecule has 104 valence electrons. The molecule has 1 fully saturated rings. The van der Waals surface area contributed by atoms with E-state index in [1.54, 1.807) is 31.9 Å². The van der Waals surface area contributed by atoms with Crippen molar-refractivity contribution in [3.05, 3.63) is 16.6 Å². The van der Waals surface area contributed by atoms with Gasteiger partial charge in [0.15, 0.2) is 0 Å². The van der Waals surface area contributed by atoms with Gasteiger partial charge in [-0.1, -0.05) is 6.92 Å². The largest absolute Gasteiger partial charge is 0.340 e. The van der Waals surface area contributed by atoms with Gasteiger partial charge >= 0.3 is 0 Å². The molecule has 2 amide bonds. The normalized spacial score (nSPS) is 26.4. The lowest BCUT2D eigenvalue weighted by atomic mass is 9.87. The Bertz CT molecular complexity index is 498. The van der Waals surface area contributed by atoms with Crippen LogP contribution in [0.5, 0.6) is 0 Å². The SMILES string of the molecule is CCC1(C)NC(=O)C(C)(C)N(Cc2nccs2)C1=O. The van der Waals surface area contributed by atoms with Crippen LogP contribution in [-0.2, 0) is 16.1 Å². The summed E-state index contributed by atoms with van der Waals surface area (Å²) in [6.07, 6.45) is 2.28. The summed E-state index contributed by atoms with van der Waals surface area (Å²) in [5.74, 6) is -0.164. The van der Waals surface area contributed by atoms with Gasteiger partial charge in [0, 0.05) is 11.6 Å². The fourth-order valence-corrected chi connectivity index (χ4v) is 2.71. The van der Waals surface area contributed by atoms with E-state index in [1.807, 2.05) is 12.3 Å². The molecule has 2 heterocycles. The second-order valence-corrected chi connectivity index (χ2v) is 6.50. The van der Waals surface area contributed by atoms with E-state index in [4.69, 9.17) is 0 Å². The molecule has 1 aromatic heterocycles. The third kappa shape index (κ3) is 2.25. The topological polar surface area (TPSA) is 62.3 Å².